The molecule has 5 heteroatoms. The zero-order chi connectivity index (χ0) is 42.6. The molecule has 0 radical (unpaired) electrons. The van der Waals surface area contributed by atoms with Gasteiger partial charge in [0, 0.05) is 88.0 Å². The molecule has 65 heavy (non-hydrogen) atoms. The Morgan fingerprint density at radius 2 is 0.785 bits per heavy atom. The van der Waals surface area contributed by atoms with Crippen molar-refractivity contribution in [3.05, 3.63) is 218 Å². The minimum absolute atomic E-state index is 0.819. The van der Waals surface area contributed by atoms with Gasteiger partial charge >= 0.3 is 0 Å². The topological polar surface area (TPSA) is 24.9 Å². The van der Waals surface area contributed by atoms with Crippen LogP contribution in [0.1, 0.15) is 0 Å². The summed E-state index contributed by atoms with van der Waals surface area (Å²) in [4.78, 5) is 4.68. The number of hydrogen-bond acceptors (Lipinski definition) is 5. The van der Waals surface area contributed by atoms with Gasteiger partial charge in [0.05, 0.1) is 5.69 Å². The molecule has 14 rings (SSSR count). The zero-order valence-electron chi connectivity index (χ0n) is 34.9. The Bertz CT molecular complexity index is 3880. The van der Waals surface area contributed by atoms with Crippen molar-refractivity contribution in [3.63, 3.8) is 0 Å². The number of para-hydroxylation sites is 2. The van der Waals surface area contributed by atoms with Gasteiger partial charge in [0.25, 0.3) is 0 Å². The number of nitrogens with zero attached hydrogens (tertiary/aromatic N) is 2. The molecule has 0 fully saturated rings. The van der Waals surface area contributed by atoms with Crippen LogP contribution in [0.5, 0.6) is 23.0 Å². The highest BCUT2D eigenvalue weighted by Crippen LogP contribution is 2.57. The average Bonchev–Trinajstić information content (AvgIpc) is 3.74. The van der Waals surface area contributed by atoms with Crippen LogP contribution in [-0.2, 0) is 0 Å². The minimum atomic E-state index is 0.819. The summed E-state index contributed by atoms with van der Waals surface area (Å²) in [5, 5.41) is 9.55. The molecule has 2 aliphatic heterocycles. The Labute approximate surface area is 379 Å². The predicted molar refractivity (Wildman–Crippen MR) is 272 cm³/mol. The maximum atomic E-state index is 7.01. The lowest BCUT2D eigenvalue weighted by atomic mass is 9.88. The van der Waals surface area contributed by atoms with Gasteiger partial charge < -0.3 is 19.3 Å². The molecule has 0 bridgehead atoms. The Morgan fingerprint density at radius 1 is 0.292 bits per heavy atom. The van der Waals surface area contributed by atoms with Crippen LogP contribution in [0.2, 0.25) is 0 Å². The van der Waals surface area contributed by atoms with Crippen molar-refractivity contribution in [1.29, 1.82) is 0 Å². The van der Waals surface area contributed by atoms with E-state index in [1.54, 1.807) is 0 Å². The third-order valence-corrected chi connectivity index (χ3v) is 14.3. The van der Waals surface area contributed by atoms with Gasteiger partial charge in [-0.05, 0) is 124 Å². The molecule has 0 spiro atoms. The summed E-state index contributed by atoms with van der Waals surface area (Å²) in [6.45, 7) is 0. The van der Waals surface area contributed by atoms with E-state index in [0.29, 0.717) is 0 Å². The van der Waals surface area contributed by atoms with E-state index in [1.807, 2.05) is 11.3 Å². The number of rotatable bonds is 6. The standard InChI is InChI=1S/C60H36N2O2S/c1-3-14-38(15-4-1)61(39-16-5-2-6-17-39)40-23-26-46-50-29-32-54-60-51(30-31-53(59(50)60)63-55(46)34-40)47-27-24-41(35-56(47)64-54)62(42-25-28-49-48-21-11-12-22-57(48)65-58(49)36-42)52-33-37-13-7-8-18-43(37)44-19-9-10-20-45(44)52/h1-36H. The summed E-state index contributed by atoms with van der Waals surface area (Å²) >= 11 is 1.84. The van der Waals surface area contributed by atoms with Crippen LogP contribution in [-0.4, -0.2) is 0 Å². The molecule has 0 unspecified atom stereocenters. The van der Waals surface area contributed by atoms with Gasteiger partial charge in [0.15, 0.2) is 0 Å². The van der Waals surface area contributed by atoms with Crippen LogP contribution in [0.25, 0.3) is 74.7 Å². The Kier molecular flexibility index (Phi) is 7.82. The van der Waals surface area contributed by atoms with Crippen LogP contribution in [0, 0.1) is 0 Å². The van der Waals surface area contributed by atoms with Gasteiger partial charge in [0.1, 0.15) is 23.0 Å². The summed E-state index contributed by atoms with van der Waals surface area (Å²) in [7, 11) is 0. The fourth-order valence-electron chi connectivity index (χ4n) is 10.3. The molecule has 0 saturated carbocycles. The summed E-state index contributed by atoms with van der Waals surface area (Å²) < 4.78 is 16.4. The molecule has 0 N–H and O–H groups in total. The van der Waals surface area contributed by atoms with E-state index < -0.39 is 0 Å². The first kappa shape index (κ1) is 36.1. The number of benzene rings is 11. The van der Waals surface area contributed by atoms with Crippen molar-refractivity contribution >= 4 is 98.0 Å². The fourth-order valence-corrected chi connectivity index (χ4v) is 11.4. The van der Waals surface area contributed by atoms with E-state index in [4.69, 9.17) is 9.47 Å². The van der Waals surface area contributed by atoms with Crippen LogP contribution < -0.4 is 19.3 Å². The monoisotopic (exact) mass is 848 g/mol. The molecule has 304 valence electrons. The van der Waals surface area contributed by atoms with Gasteiger partial charge in [-0.25, -0.2) is 0 Å². The van der Waals surface area contributed by atoms with E-state index in [1.165, 1.54) is 41.7 Å². The smallest absolute Gasteiger partial charge is 0.137 e. The maximum Gasteiger partial charge on any atom is 0.137 e. The molecule has 0 amide bonds. The normalized spacial score (nSPS) is 12.2. The lowest BCUT2D eigenvalue weighted by Crippen LogP contribution is -2.11. The summed E-state index contributed by atoms with van der Waals surface area (Å²) in [6.07, 6.45) is 0. The second-order valence-corrected chi connectivity index (χ2v) is 17.9. The second-order valence-electron chi connectivity index (χ2n) is 16.8. The van der Waals surface area contributed by atoms with Crippen molar-refractivity contribution in [3.8, 4) is 45.3 Å². The van der Waals surface area contributed by atoms with Crippen LogP contribution in [0.3, 0.4) is 0 Å². The molecule has 0 aliphatic carbocycles. The van der Waals surface area contributed by atoms with Crippen molar-refractivity contribution in [2.75, 3.05) is 9.80 Å². The van der Waals surface area contributed by atoms with Gasteiger partial charge in [-0.15, -0.1) is 11.3 Å². The molecule has 0 atom stereocenters. The highest BCUT2D eigenvalue weighted by molar-refractivity contribution is 7.25. The molecule has 11 aromatic carbocycles. The average molecular weight is 849 g/mol. The number of anilines is 6. The van der Waals surface area contributed by atoms with Crippen LogP contribution >= 0.6 is 11.3 Å². The minimum Gasteiger partial charge on any atom is -0.456 e. The number of hydrogen-bond donors (Lipinski definition) is 0. The Balaban J connectivity index is 0.908. The molecule has 4 nitrogen and oxygen atoms in total. The zero-order valence-corrected chi connectivity index (χ0v) is 35.7. The Hall–Kier alpha value is -8.38. The molecule has 2 aliphatic rings. The van der Waals surface area contributed by atoms with Gasteiger partial charge in [-0.3, -0.25) is 0 Å². The lowest BCUT2D eigenvalue weighted by Gasteiger charge is -2.31. The lowest BCUT2D eigenvalue weighted by molar-refractivity contribution is 0.480. The Morgan fingerprint density at radius 3 is 1.45 bits per heavy atom. The van der Waals surface area contributed by atoms with E-state index >= 15 is 0 Å². The highest BCUT2D eigenvalue weighted by Gasteiger charge is 2.30. The summed E-state index contributed by atoms with van der Waals surface area (Å²) in [5.74, 6) is 3.29. The quantitative estimate of drug-likeness (QED) is 0.156. The second kappa shape index (κ2) is 14.1. The van der Waals surface area contributed by atoms with Gasteiger partial charge in [0.2, 0.25) is 0 Å². The molecular formula is C60H36N2O2S. The molecule has 0 saturated heterocycles. The third kappa shape index (κ3) is 5.56. The SMILES string of the molecule is c1ccc(N(c2ccccc2)c2ccc3c(c2)Oc2ccc4c5c(ccc-3c25)Oc2cc(N(c3ccc5c(c3)sc3ccccc35)c3cc5ccccc5c5ccccc35)ccc2-4)cc1. The van der Waals surface area contributed by atoms with Crippen molar-refractivity contribution in [1.82, 2.24) is 0 Å². The molecule has 3 heterocycles. The fraction of sp³-hybridized carbons (Fsp3) is 0. The summed E-state index contributed by atoms with van der Waals surface area (Å²) in [6, 6.07) is 78.3. The van der Waals surface area contributed by atoms with E-state index in [2.05, 4.69) is 228 Å². The largest absolute Gasteiger partial charge is 0.456 e. The van der Waals surface area contributed by atoms with E-state index in [-0.39, 0.29) is 0 Å². The molecular weight excluding hydrogens is 813 g/mol. The van der Waals surface area contributed by atoms with Crippen LogP contribution in [0.4, 0.5) is 34.1 Å². The van der Waals surface area contributed by atoms with Crippen LogP contribution in [0.15, 0.2) is 218 Å². The van der Waals surface area contributed by atoms with E-state index in [0.717, 1.165) is 90.1 Å². The molecule has 12 aromatic rings. The number of thiophene rings is 1. The number of ether oxygens (including phenoxy) is 2. The first-order valence-electron chi connectivity index (χ1n) is 22.0. The first-order valence-corrected chi connectivity index (χ1v) is 22.8. The third-order valence-electron chi connectivity index (χ3n) is 13.2. The highest BCUT2D eigenvalue weighted by atomic mass is 32.1. The van der Waals surface area contributed by atoms with Gasteiger partial charge in [-0.2, -0.15) is 0 Å². The summed E-state index contributed by atoms with van der Waals surface area (Å²) in [5.41, 5.74) is 10.8. The maximum absolute atomic E-state index is 7.01. The van der Waals surface area contributed by atoms with Crippen molar-refractivity contribution in [2.45, 2.75) is 0 Å². The van der Waals surface area contributed by atoms with Crippen molar-refractivity contribution < 1.29 is 9.47 Å². The van der Waals surface area contributed by atoms with Gasteiger partial charge in [-0.1, -0.05) is 109 Å². The van der Waals surface area contributed by atoms with Crippen molar-refractivity contribution in [2.24, 2.45) is 0 Å². The predicted octanol–water partition coefficient (Wildman–Crippen LogP) is 18.0. The molecule has 1 aromatic heterocycles. The number of fused-ring (bicyclic) bond motifs is 10. The first-order chi connectivity index (χ1) is 32.2. The van der Waals surface area contributed by atoms with E-state index in [9.17, 15) is 0 Å².